The standard InChI is InChI=1S/C62H38N4/c1-5-21-41(22-6-1)63(42-23-7-2-8-24-42)53-33-17-31-47-49-37-39-19-14-16-30-46(39)57-58-52(66(59(47)53)61(49)57)36-35-51-56(58)50-38-40-20-13-15-29-45(40)55-48-32-18-34-54(60(48)65(51)62(50)55)64(43-25-9-3-10-26-43)44-27-11-4-12-28-44/h1-38H. The van der Waals surface area contributed by atoms with Crippen molar-refractivity contribution in [2.45, 2.75) is 0 Å². The summed E-state index contributed by atoms with van der Waals surface area (Å²) in [7, 11) is 0. The largest absolute Gasteiger partial charge is 0.308 e. The summed E-state index contributed by atoms with van der Waals surface area (Å²) < 4.78 is 5.20. The first-order valence-corrected chi connectivity index (χ1v) is 22.8. The number of rotatable bonds is 6. The molecule has 15 aromatic rings. The minimum Gasteiger partial charge on any atom is -0.308 e. The third-order valence-electron chi connectivity index (χ3n) is 14.2. The van der Waals surface area contributed by atoms with Crippen LogP contribution in [0.4, 0.5) is 34.1 Å². The Morgan fingerprint density at radius 1 is 0.242 bits per heavy atom. The molecule has 4 nitrogen and oxygen atoms in total. The fourth-order valence-electron chi connectivity index (χ4n) is 11.7. The van der Waals surface area contributed by atoms with Crippen LogP contribution in [0.2, 0.25) is 0 Å². The van der Waals surface area contributed by atoms with Crippen molar-refractivity contribution in [3.63, 3.8) is 0 Å². The van der Waals surface area contributed by atoms with Gasteiger partial charge < -0.3 is 18.6 Å². The van der Waals surface area contributed by atoms with Gasteiger partial charge in [-0.05, 0) is 106 Å². The van der Waals surface area contributed by atoms with E-state index in [-0.39, 0.29) is 0 Å². The average Bonchev–Trinajstić information content (AvgIpc) is 4.11. The molecule has 66 heavy (non-hydrogen) atoms. The lowest BCUT2D eigenvalue weighted by Gasteiger charge is -2.26. The SMILES string of the molecule is c1ccc(N(c2ccccc2)c2cccc3c4c5ccccc5cc5c6c7c8c9ccccc9cc9c%10cccc(N(c%11ccccc%11)c%11ccccc%11)c%10n(c7ccc6n(c23)c54)c98)cc1. The maximum absolute atomic E-state index is 2.60. The molecule has 0 amide bonds. The van der Waals surface area contributed by atoms with Crippen LogP contribution in [0.3, 0.4) is 0 Å². The molecule has 0 unspecified atom stereocenters. The first-order chi connectivity index (χ1) is 32.8. The summed E-state index contributed by atoms with van der Waals surface area (Å²) in [6, 6.07) is 84.6. The number of nitrogens with zero attached hydrogens (tertiary/aromatic N) is 4. The second-order valence-electron chi connectivity index (χ2n) is 17.6. The van der Waals surface area contributed by atoms with Crippen molar-refractivity contribution in [3.8, 4) is 0 Å². The van der Waals surface area contributed by atoms with Crippen LogP contribution in [0, 0.1) is 0 Å². The highest BCUT2D eigenvalue weighted by Gasteiger charge is 2.30. The summed E-state index contributed by atoms with van der Waals surface area (Å²) in [5.74, 6) is 0. The summed E-state index contributed by atoms with van der Waals surface area (Å²) >= 11 is 0. The number of aromatic nitrogens is 2. The van der Waals surface area contributed by atoms with Gasteiger partial charge in [-0.25, -0.2) is 0 Å². The molecule has 15 rings (SSSR count). The third kappa shape index (κ3) is 4.66. The molecule has 0 N–H and O–H groups in total. The molecule has 0 spiro atoms. The molecule has 0 aliphatic rings. The van der Waals surface area contributed by atoms with Gasteiger partial charge in [0.15, 0.2) is 0 Å². The Morgan fingerprint density at radius 2 is 0.636 bits per heavy atom. The van der Waals surface area contributed by atoms with Gasteiger partial charge >= 0.3 is 0 Å². The molecule has 0 atom stereocenters. The summed E-state index contributed by atoms with van der Waals surface area (Å²) in [5.41, 5.74) is 14.1. The highest BCUT2D eigenvalue weighted by atomic mass is 15.2. The summed E-state index contributed by atoms with van der Waals surface area (Å²) in [6.07, 6.45) is 0. The van der Waals surface area contributed by atoms with Crippen molar-refractivity contribution < 1.29 is 0 Å². The van der Waals surface area contributed by atoms with Crippen molar-refractivity contribution in [1.29, 1.82) is 0 Å². The molecule has 0 saturated heterocycles. The van der Waals surface area contributed by atoms with Crippen molar-refractivity contribution in [2.24, 2.45) is 0 Å². The van der Waals surface area contributed by atoms with Crippen LogP contribution < -0.4 is 9.80 Å². The van der Waals surface area contributed by atoms with Crippen molar-refractivity contribution in [3.05, 3.63) is 231 Å². The Balaban J connectivity index is 1.16. The smallest absolute Gasteiger partial charge is 0.0783 e. The number of hydrogen-bond acceptors (Lipinski definition) is 2. The van der Waals surface area contributed by atoms with Gasteiger partial charge in [-0.2, -0.15) is 0 Å². The van der Waals surface area contributed by atoms with E-state index in [0.717, 1.165) is 34.1 Å². The Bertz CT molecular complexity index is 4300. The molecule has 11 aromatic carbocycles. The lowest BCUT2D eigenvalue weighted by Crippen LogP contribution is -2.10. The molecule has 0 bridgehead atoms. The quantitative estimate of drug-likeness (QED) is 0.166. The van der Waals surface area contributed by atoms with Gasteiger partial charge in [0, 0.05) is 65.8 Å². The van der Waals surface area contributed by atoms with E-state index in [1.54, 1.807) is 0 Å². The van der Waals surface area contributed by atoms with Gasteiger partial charge in [-0.3, -0.25) is 0 Å². The van der Waals surface area contributed by atoms with Gasteiger partial charge in [0.25, 0.3) is 0 Å². The van der Waals surface area contributed by atoms with Crippen LogP contribution in [0.5, 0.6) is 0 Å². The fraction of sp³-hybridized carbons (Fsp3) is 0. The van der Waals surface area contributed by atoms with Crippen molar-refractivity contribution in [1.82, 2.24) is 8.80 Å². The van der Waals surface area contributed by atoms with E-state index in [1.165, 1.54) is 97.7 Å². The molecule has 4 heterocycles. The predicted octanol–water partition coefficient (Wildman–Crippen LogP) is 17.2. The monoisotopic (exact) mass is 838 g/mol. The number of para-hydroxylation sites is 6. The summed E-state index contributed by atoms with van der Waals surface area (Å²) in [5, 5.41) is 15.2. The average molecular weight is 839 g/mol. The van der Waals surface area contributed by atoms with E-state index in [2.05, 4.69) is 249 Å². The number of fused-ring (bicyclic) bond motifs is 17. The van der Waals surface area contributed by atoms with E-state index in [4.69, 9.17) is 0 Å². The van der Waals surface area contributed by atoms with Crippen molar-refractivity contribution >= 4 is 132 Å². The molecular formula is C62H38N4. The second-order valence-corrected chi connectivity index (χ2v) is 17.6. The van der Waals surface area contributed by atoms with Gasteiger partial charge in [0.05, 0.1) is 44.5 Å². The fourth-order valence-corrected chi connectivity index (χ4v) is 11.7. The van der Waals surface area contributed by atoms with Gasteiger partial charge in [0.2, 0.25) is 0 Å². The van der Waals surface area contributed by atoms with Crippen LogP contribution in [0.1, 0.15) is 0 Å². The zero-order valence-corrected chi connectivity index (χ0v) is 35.7. The molecular weight excluding hydrogens is 801 g/mol. The number of hydrogen-bond donors (Lipinski definition) is 0. The lowest BCUT2D eigenvalue weighted by molar-refractivity contribution is 1.27. The van der Waals surface area contributed by atoms with Gasteiger partial charge in [-0.1, -0.05) is 146 Å². The van der Waals surface area contributed by atoms with Gasteiger partial charge in [0.1, 0.15) is 0 Å². The van der Waals surface area contributed by atoms with Gasteiger partial charge in [-0.15, -0.1) is 0 Å². The molecule has 0 fully saturated rings. The Hall–Kier alpha value is -8.86. The minimum absolute atomic E-state index is 1.12. The van der Waals surface area contributed by atoms with E-state index in [0.29, 0.717) is 0 Å². The lowest BCUT2D eigenvalue weighted by atomic mass is 9.96. The number of anilines is 6. The van der Waals surface area contributed by atoms with Crippen LogP contribution in [0.25, 0.3) is 97.7 Å². The van der Waals surface area contributed by atoms with E-state index in [9.17, 15) is 0 Å². The zero-order valence-electron chi connectivity index (χ0n) is 35.7. The molecule has 4 aromatic heterocycles. The molecule has 0 aliphatic heterocycles. The van der Waals surface area contributed by atoms with Crippen LogP contribution >= 0.6 is 0 Å². The predicted molar refractivity (Wildman–Crippen MR) is 280 cm³/mol. The first kappa shape index (κ1) is 35.6. The van der Waals surface area contributed by atoms with E-state index >= 15 is 0 Å². The Morgan fingerprint density at radius 3 is 1.17 bits per heavy atom. The molecule has 0 saturated carbocycles. The van der Waals surface area contributed by atoms with Crippen LogP contribution in [-0.2, 0) is 0 Å². The normalized spacial score (nSPS) is 12.2. The van der Waals surface area contributed by atoms with E-state index in [1.807, 2.05) is 0 Å². The second kappa shape index (κ2) is 13.3. The van der Waals surface area contributed by atoms with E-state index < -0.39 is 0 Å². The maximum Gasteiger partial charge on any atom is 0.0783 e. The topological polar surface area (TPSA) is 15.3 Å². The van der Waals surface area contributed by atoms with Crippen LogP contribution in [-0.4, -0.2) is 8.80 Å². The number of benzene rings is 11. The summed E-state index contributed by atoms with van der Waals surface area (Å²) in [4.78, 5) is 4.85. The van der Waals surface area contributed by atoms with Crippen LogP contribution in [0.15, 0.2) is 231 Å². The Labute approximate surface area is 379 Å². The first-order valence-electron chi connectivity index (χ1n) is 22.8. The zero-order chi connectivity index (χ0) is 43.0. The summed E-state index contributed by atoms with van der Waals surface area (Å²) in [6.45, 7) is 0. The van der Waals surface area contributed by atoms with Crippen molar-refractivity contribution in [2.75, 3.05) is 9.80 Å². The molecule has 0 aliphatic carbocycles. The highest BCUT2D eigenvalue weighted by Crippen LogP contribution is 2.53. The maximum atomic E-state index is 2.60. The minimum atomic E-state index is 1.12. The Kier molecular flexibility index (Phi) is 7.19. The highest BCUT2D eigenvalue weighted by molar-refractivity contribution is 6.42. The third-order valence-corrected chi connectivity index (χ3v) is 14.2. The molecule has 306 valence electrons. The molecule has 4 heteroatoms. The molecule has 0 radical (unpaired) electrons.